The molecule has 2 atom stereocenters. The summed E-state index contributed by atoms with van der Waals surface area (Å²) in [5.74, 6) is -0.934. The number of amides is 2. The van der Waals surface area contributed by atoms with Crippen LogP contribution in [0.5, 0.6) is 0 Å². The van der Waals surface area contributed by atoms with Crippen LogP contribution in [-0.4, -0.2) is 22.1 Å². The monoisotopic (exact) mass is 177 g/mol. The summed E-state index contributed by atoms with van der Waals surface area (Å²) in [7, 11) is 0. The molecule has 0 saturated heterocycles. The lowest BCUT2D eigenvalue weighted by molar-refractivity contribution is -0.170. The summed E-state index contributed by atoms with van der Waals surface area (Å²) in [6, 6.07) is 0. The van der Waals surface area contributed by atoms with E-state index in [-0.39, 0.29) is 16.9 Å². The highest BCUT2D eigenvalue weighted by atomic mass is 16.5. The molecule has 66 valence electrons. The van der Waals surface area contributed by atoms with E-state index in [1.54, 1.807) is 0 Å². The molecule has 0 saturated carbocycles. The molecule has 3 rings (SSSR count). The molecule has 1 heterocycles. The van der Waals surface area contributed by atoms with Crippen LogP contribution in [0.1, 0.15) is 6.42 Å². The second-order valence-electron chi connectivity index (χ2n) is 3.58. The summed E-state index contributed by atoms with van der Waals surface area (Å²) >= 11 is 0. The van der Waals surface area contributed by atoms with Crippen molar-refractivity contribution in [3.8, 4) is 0 Å². The van der Waals surface area contributed by atoms with E-state index >= 15 is 0 Å². The van der Waals surface area contributed by atoms with Gasteiger partial charge in [-0.25, -0.2) is 0 Å². The van der Waals surface area contributed by atoms with Gasteiger partial charge in [0.2, 0.25) is 0 Å². The lowest BCUT2D eigenvalue weighted by Gasteiger charge is -2.09. The largest absolute Gasteiger partial charge is 0.281 e. The molecule has 0 aromatic heterocycles. The van der Waals surface area contributed by atoms with Gasteiger partial charge in [0.15, 0.2) is 0 Å². The molecule has 2 unspecified atom stereocenters. The molecule has 0 aromatic carbocycles. The van der Waals surface area contributed by atoms with Crippen molar-refractivity contribution < 1.29 is 14.8 Å². The van der Waals surface area contributed by atoms with Crippen LogP contribution < -0.4 is 0 Å². The molecule has 2 amide bonds. The van der Waals surface area contributed by atoms with Crippen LogP contribution in [0.4, 0.5) is 0 Å². The summed E-state index contributed by atoms with van der Waals surface area (Å²) in [6.45, 7) is 0. The molecule has 4 nitrogen and oxygen atoms in total. The quantitative estimate of drug-likeness (QED) is 0.328. The molecule has 0 spiro atoms. The normalized spacial score (nSPS) is 35.3. The number of hydroxylamine groups is 2. The van der Waals surface area contributed by atoms with E-state index in [1.807, 2.05) is 12.2 Å². The van der Waals surface area contributed by atoms with Gasteiger partial charge in [0.25, 0.3) is 11.8 Å². The average Bonchev–Trinajstić information content (AvgIpc) is 2.76. The highest BCUT2D eigenvalue weighted by Crippen LogP contribution is 2.47. The molecule has 0 radical (unpaired) electrons. The van der Waals surface area contributed by atoms with Crippen molar-refractivity contribution in [1.29, 1.82) is 0 Å². The van der Waals surface area contributed by atoms with Crippen molar-refractivity contribution in [2.24, 2.45) is 11.8 Å². The standard InChI is InChI=1S/C9H7NO3/c11-8-6-4-1-2-5(3-4)7(6)9(12)10(8)13/h1-2,4-5,13H,3H2. The van der Waals surface area contributed by atoms with Crippen LogP contribution in [-0.2, 0) is 9.59 Å². The summed E-state index contributed by atoms with van der Waals surface area (Å²) in [5, 5.41) is 9.33. The Hall–Kier alpha value is -1.42. The first-order valence-corrected chi connectivity index (χ1v) is 4.20. The number of nitrogens with zero attached hydrogens (tertiary/aromatic N) is 1. The van der Waals surface area contributed by atoms with Crippen molar-refractivity contribution in [1.82, 2.24) is 5.06 Å². The first-order valence-electron chi connectivity index (χ1n) is 4.20. The second-order valence-corrected chi connectivity index (χ2v) is 3.58. The Labute approximate surface area is 74.1 Å². The number of allylic oxidation sites excluding steroid dienone is 2. The van der Waals surface area contributed by atoms with Gasteiger partial charge < -0.3 is 0 Å². The van der Waals surface area contributed by atoms with Crippen molar-refractivity contribution in [3.63, 3.8) is 0 Å². The van der Waals surface area contributed by atoms with E-state index in [2.05, 4.69) is 0 Å². The summed E-state index contributed by atoms with van der Waals surface area (Å²) in [5.41, 5.74) is 1.03. The maximum absolute atomic E-state index is 11.4. The molecule has 2 aliphatic carbocycles. The Morgan fingerprint density at radius 3 is 2.08 bits per heavy atom. The maximum atomic E-state index is 11.4. The number of carbonyl (C=O) groups excluding carboxylic acids is 2. The fraction of sp³-hybridized carbons (Fsp3) is 0.333. The Balaban J connectivity index is 2.17. The van der Waals surface area contributed by atoms with Gasteiger partial charge in [-0.1, -0.05) is 12.2 Å². The second kappa shape index (κ2) is 1.90. The van der Waals surface area contributed by atoms with Gasteiger partial charge in [-0.3, -0.25) is 14.8 Å². The summed E-state index contributed by atoms with van der Waals surface area (Å²) < 4.78 is 0. The van der Waals surface area contributed by atoms with Crippen molar-refractivity contribution in [2.45, 2.75) is 6.42 Å². The van der Waals surface area contributed by atoms with Crippen LogP contribution in [0, 0.1) is 11.8 Å². The molecule has 3 aliphatic rings. The fourth-order valence-corrected chi connectivity index (χ4v) is 2.39. The number of hydrogen-bond donors (Lipinski definition) is 1. The molecular weight excluding hydrogens is 170 g/mol. The number of carbonyl (C=O) groups is 2. The predicted molar refractivity (Wildman–Crippen MR) is 41.4 cm³/mol. The van der Waals surface area contributed by atoms with Gasteiger partial charge in [0.05, 0.1) is 0 Å². The van der Waals surface area contributed by atoms with Crippen molar-refractivity contribution in [3.05, 3.63) is 23.3 Å². The summed E-state index contributed by atoms with van der Waals surface area (Å²) in [4.78, 5) is 22.7. The molecule has 4 heteroatoms. The van der Waals surface area contributed by atoms with E-state index in [0.717, 1.165) is 6.42 Å². The molecule has 2 bridgehead atoms. The van der Waals surface area contributed by atoms with Gasteiger partial charge in [-0.05, 0) is 6.42 Å². The highest BCUT2D eigenvalue weighted by Gasteiger charge is 2.50. The van der Waals surface area contributed by atoms with Gasteiger partial charge in [0.1, 0.15) is 0 Å². The predicted octanol–water partition coefficient (Wildman–Crippen LogP) is 0.247. The van der Waals surface area contributed by atoms with Crippen LogP contribution in [0.15, 0.2) is 23.3 Å². The van der Waals surface area contributed by atoms with Gasteiger partial charge in [-0.2, -0.15) is 0 Å². The van der Waals surface area contributed by atoms with Crippen LogP contribution in [0.3, 0.4) is 0 Å². The molecule has 0 fully saturated rings. The molecule has 1 N–H and O–H groups in total. The minimum atomic E-state index is -0.531. The van der Waals surface area contributed by atoms with E-state index in [9.17, 15) is 9.59 Å². The van der Waals surface area contributed by atoms with Gasteiger partial charge >= 0.3 is 0 Å². The van der Waals surface area contributed by atoms with Gasteiger partial charge in [-0.15, -0.1) is 5.06 Å². The first kappa shape index (κ1) is 7.03. The third-order valence-corrected chi connectivity index (χ3v) is 2.96. The molecule has 1 aliphatic heterocycles. The SMILES string of the molecule is O=C1C2=C(C(=O)N1O)C1C=CC2C1. The Morgan fingerprint density at radius 1 is 1.15 bits per heavy atom. The smallest absolute Gasteiger partial charge is 0.278 e. The minimum Gasteiger partial charge on any atom is -0.278 e. The molecule has 13 heavy (non-hydrogen) atoms. The number of hydrogen-bond acceptors (Lipinski definition) is 3. The van der Waals surface area contributed by atoms with Crippen LogP contribution in [0.25, 0.3) is 0 Å². The average molecular weight is 177 g/mol. The molecule has 0 aromatic rings. The minimum absolute atomic E-state index is 0.0635. The first-order chi connectivity index (χ1) is 6.20. The van der Waals surface area contributed by atoms with Crippen molar-refractivity contribution >= 4 is 11.8 Å². The zero-order valence-corrected chi connectivity index (χ0v) is 6.73. The lowest BCUT2D eigenvalue weighted by atomic mass is 9.99. The Morgan fingerprint density at radius 2 is 1.62 bits per heavy atom. The summed E-state index contributed by atoms with van der Waals surface area (Å²) in [6.07, 6.45) is 4.71. The van der Waals surface area contributed by atoms with Crippen LogP contribution >= 0.6 is 0 Å². The Bertz CT molecular complexity index is 360. The van der Waals surface area contributed by atoms with E-state index in [0.29, 0.717) is 11.1 Å². The number of imide groups is 1. The van der Waals surface area contributed by atoms with E-state index < -0.39 is 11.8 Å². The Kier molecular flexibility index (Phi) is 1.03. The maximum Gasteiger partial charge on any atom is 0.281 e. The zero-order valence-electron chi connectivity index (χ0n) is 6.73. The van der Waals surface area contributed by atoms with E-state index in [4.69, 9.17) is 5.21 Å². The third kappa shape index (κ3) is 0.615. The van der Waals surface area contributed by atoms with Crippen LogP contribution in [0.2, 0.25) is 0 Å². The zero-order chi connectivity index (χ0) is 9.16. The topological polar surface area (TPSA) is 57.6 Å². The number of fused-ring (bicyclic) bond motifs is 4. The fourth-order valence-electron chi connectivity index (χ4n) is 2.39. The number of rotatable bonds is 0. The van der Waals surface area contributed by atoms with Crippen molar-refractivity contribution in [2.75, 3.05) is 0 Å². The molecular formula is C9H7NO3. The lowest BCUT2D eigenvalue weighted by Crippen LogP contribution is -2.30. The van der Waals surface area contributed by atoms with Gasteiger partial charge in [0, 0.05) is 23.0 Å². The van der Waals surface area contributed by atoms with E-state index in [1.165, 1.54) is 0 Å². The third-order valence-electron chi connectivity index (χ3n) is 2.96. The highest BCUT2D eigenvalue weighted by molar-refractivity contribution is 6.20.